The maximum Gasteiger partial charge on any atom is 0.271 e. The molecule has 0 bridgehead atoms. The largest absolute Gasteiger partial charge is 0.497 e. The van der Waals surface area contributed by atoms with Crippen molar-refractivity contribution in [1.82, 2.24) is 4.42 Å². The second-order valence-corrected chi connectivity index (χ2v) is 6.80. The maximum atomic E-state index is 14.5. The zero-order chi connectivity index (χ0) is 23.0. The Labute approximate surface area is 184 Å². The van der Waals surface area contributed by atoms with Gasteiger partial charge in [0, 0.05) is 41.1 Å². The van der Waals surface area contributed by atoms with Crippen molar-refractivity contribution in [3.8, 4) is 11.5 Å². The van der Waals surface area contributed by atoms with Crippen molar-refractivity contribution in [2.24, 2.45) is 5.73 Å². The highest BCUT2D eigenvalue weighted by atomic mass is 35.5. The molecule has 2 rings (SSSR count). The monoisotopic (exact) mass is 453 g/mol. The first kappa shape index (κ1) is 24.4. The van der Waals surface area contributed by atoms with Crippen LogP contribution in [0.5, 0.6) is 11.5 Å². The molecule has 31 heavy (non-hydrogen) atoms. The van der Waals surface area contributed by atoms with Crippen LogP contribution in [0.2, 0.25) is 0 Å². The lowest BCUT2D eigenvalue weighted by molar-refractivity contribution is -0.139. The molecule has 10 heteroatoms. The number of hydrogen-bond acceptors (Lipinski definition) is 6. The highest BCUT2D eigenvalue weighted by Gasteiger charge is 2.29. The van der Waals surface area contributed by atoms with Gasteiger partial charge in [-0.05, 0) is 25.1 Å². The third kappa shape index (κ3) is 6.30. The first-order valence-corrected chi connectivity index (χ1v) is 9.79. The Bertz CT molecular complexity index is 928. The fourth-order valence-corrected chi connectivity index (χ4v) is 3.02. The first-order valence-electron chi connectivity index (χ1n) is 9.45. The number of nitrogens with one attached hydrogen (secondary N) is 1. The van der Waals surface area contributed by atoms with E-state index >= 15 is 0 Å². The van der Waals surface area contributed by atoms with Gasteiger partial charge in [0.05, 0.1) is 20.3 Å². The highest BCUT2D eigenvalue weighted by Crippen LogP contribution is 2.29. The van der Waals surface area contributed by atoms with E-state index in [1.165, 1.54) is 25.3 Å². The molecule has 0 saturated heterocycles. The number of halogens is 2. The molecule has 8 nitrogen and oxygen atoms in total. The molecule has 0 heterocycles. The SMILES string of the molecule is CCOC(C(=O)N(Cl)Cc1ccc(C(=N)N)cc1OCCO)c1ccc(OC)cc1F. The molecule has 0 saturated carbocycles. The Morgan fingerprint density at radius 2 is 2.06 bits per heavy atom. The molecular weight excluding hydrogens is 429 g/mol. The number of amidine groups is 1. The summed E-state index contributed by atoms with van der Waals surface area (Å²) >= 11 is 6.25. The number of carbonyl (C=O) groups is 1. The molecule has 2 aromatic rings. The predicted octanol–water partition coefficient (Wildman–Crippen LogP) is 2.75. The smallest absolute Gasteiger partial charge is 0.271 e. The van der Waals surface area contributed by atoms with Gasteiger partial charge in [0.1, 0.15) is 29.8 Å². The van der Waals surface area contributed by atoms with Crippen molar-refractivity contribution >= 4 is 23.5 Å². The molecule has 4 N–H and O–H groups in total. The van der Waals surface area contributed by atoms with Gasteiger partial charge in [-0.1, -0.05) is 12.1 Å². The number of carbonyl (C=O) groups excluding carboxylic acids is 1. The average molecular weight is 454 g/mol. The minimum Gasteiger partial charge on any atom is -0.497 e. The van der Waals surface area contributed by atoms with E-state index in [2.05, 4.69) is 0 Å². The molecule has 1 atom stereocenters. The van der Waals surface area contributed by atoms with E-state index in [4.69, 9.17) is 42.2 Å². The van der Waals surface area contributed by atoms with Gasteiger partial charge in [-0.2, -0.15) is 0 Å². The number of benzene rings is 2. The topological polar surface area (TPSA) is 118 Å². The van der Waals surface area contributed by atoms with Gasteiger partial charge >= 0.3 is 0 Å². The lowest BCUT2D eigenvalue weighted by atomic mass is 10.1. The number of nitrogens with two attached hydrogens (primary N) is 1. The molecule has 0 aliphatic rings. The lowest BCUT2D eigenvalue weighted by Gasteiger charge is -2.23. The van der Waals surface area contributed by atoms with Crippen molar-refractivity contribution in [2.45, 2.75) is 19.6 Å². The fourth-order valence-electron chi connectivity index (χ4n) is 2.81. The van der Waals surface area contributed by atoms with Crippen molar-refractivity contribution in [3.63, 3.8) is 0 Å². The average Bonchev–Trinajstić information content (AvgIpc) is 2.76. The number of methoxy groups -OCH3 is 1. The Kier molecular flexibility index (Phi) is 9.04. The van der Waals surface area contributed by atoms with Gasteiger partial charge in [0.2, 0.25) is 0 Å². The quantitative estimate of drug-likeness (QED) is 0.273. The van der Waals surface area contributed by atoms with E-state index in [1.807, 2.05) is 0 Å². The molecule has 1 amide bonds. The van der Waals surface area contributed by atoms with Crippen LogP contribution in [0.4, 0.5) is 4.39 Å². The number of aliphatic hydroxyl groups excluding tert-OH is 1. The second kappa shape index (κ2) is 11.5. The summed E-state index contributed by atoms with van der Waals surface area (Å²) in [6.07, 6.45) is -1.26. The van der Waals surface area contributed by atoms with Crippen LogP contribution < -0.4 is 15.2 Å². The third-order valence-corrected chi connectivity index (χ3v) is 4.61. The maximum absolute atomic E-state index is 14.5. The number of aliphatic hydroxyl groups is 1. The number of rotatable bonds is 11. The molecule has 0 radical (unpaired) electrons. The van der Waals surface area contributed by atoms with E-state index in [0.717, 1.165) is 10.5 Å². The number of amides is 1. The molecule has 168 valence electrons. The predicted molar refractivity (Wildman–Crippen MR) is 114 cm³/mol. The molecule has 1 unspecified atom stereocenters. The summed E-state index contributed by atoms with van der Waals surface area (Å²) in [5.41, 5.74) is 6.46. The molecule has 0 aliphatic carbocycles. The van der Waals surface area contributed by atoms with Gasteiger partial charge in [-0.15, -0.1) is 0 Å². The van der Waals surface area contributed by atoms with Crippen molar-refractivity contribution in [2.75, 3.05) is 26.9 Å². The summed E-state index contributed by atoms with van der Waals surface area (Å²) in [7, 11) is 1.41. The fraction of sp³-hybridized carbons (Fsp3) is 0.333. The normalized spacial score (nSPS) is 11.6. The molecule has 0 fully saturated rings. The van der Waals surface area contributed by atoms with Crippen molar-refractivity contribution in [3.05, 3.63) is 58.9 Å². The van der Waals surface area contributed by atoms with Gasteiger partial charge in [0.15, 0.2) is 6.10 Å². The van der Waals surface area contributed by atoms with Crippen LogP contribution in [0, 0.1) is 11.2 Å². The van der Waals surface area contributed by atoms with Crippen LogP contribution in [0.15, 0.2) is 36.4 Å². The van der Waals surface area contributed by atoms with Crippen LogP contribution in [-0.4, -0.2) is 48.2 Å². The molecule has 0 aliphatic heterocycles. The van der Waals surface area contributed by atoms with Gasteiger partial charge in [-0.3, -0.25) is 10.2 Å². The van der Waals surface area contributed by atoms with E-state index in [0.29, 0.717) is 22.6 Å². The van der Waals surface area contributed by atoms with Gasteiger partial charge < -0.3 is 25.1 Å². The summed E-state index contributed by atoms with van der Waals surface area (Å²) < 4.78 is 31.4. The van der Waals surface area contributed by atoms with E-state index in [-0.39, 0.29) is 37.8 Å². The zero-order valence-corrected chi connectivity index (χ0v) is 18.0. The Balaban J connectivity index is 2.29. The molecular formula is C21H25ClFN3O5. The number of hydrogen-bond donors (Lipinski definition) is 3. The first-order chi connectivity index (χ1) is 14.8. The summed E-state index contributed by atoms with van der Waals surface area (Å²) in [5.74, 6) is -0.873. The van der Waals surface area contributed by atoms with Crippen LogP contribution in [0.1, 0.15) is 29.7 Å². The summed E-state index contributed by atoms with van der Waals surface area (Å²) in [4.78, 5) is 13.0. The Morgan fingerprint density at radius 3 is 2.65 bits per heavy atom. The highest BCUT2D eigenvalue weighted by molar-refractivity contribution is 6.21. The Hall–Kier alpha value is -2.88. The minimum absolute atomic E-state index is 0.00319. The summed E-state index contributed by atoms with van der Waals surface area (Å²) in [6, 6.07) is 8.81. The van der Waals surface area contributed by atoms with Crippen molar-refractivity contribution in [1.29, 1.82) is 5.41 Å². The molecule has 0 spiro atoms. The number of nitrogen functional groups attached to an aromatic ring is 1. The van der Waals surface area contributed by atoms with Crippen LogP contribution in [0.3, 0.4) is 0 Å². The second-order valence-electron chi connectivity index (χ2n) is 6.39. The van der Waals surface area contributed by atoms with Crippen LogP contribution in [0.25, 0.3) is 0 Å². The summed E-state index contributed by atoms with van der Waals surface area (Å²) in [6.45, 7) is 1.52. The number of ether oxygens (including phenoxy) is 3. The zero-order valence-electron chi connectivity index (χ0n) is 17.2. The number of nitrogens with zero attached hydrogens (tertiary/aromatic N) is 1. The van der Waals surface area contributed by atoms with Gasteiger partial charge in [0.25, 0.3) is 5.91 Å². The van der Waals surface area contributed by atoms with Crippen LogP contribution in [-0.2, 0) is 16.1 Å². The molecule has 2 aromatic carbocycles. The van der Waals surface area contributed by atoms with Crippen LogP contribution >= 0.6 is 11.8 Å². The molecule has 0 aromatic heterocycles. The van der Waals surface area contributed by atoms with E-state index in [9.17, 15) is 9.18 Å². The minimum atomic E-state index is -1.26. The van der Waals surface area contributed by atoms with Gasteiger partial charge in [-0.25, -0.2) is 8.81 Å². The Morgan fingerprint density at radius 1 is 1.32 bits per heavy atom. The standard InChI is InChI=1S/C21H25ClFN3O5/c1-3-30-19(16-7-6-15(29-2)11-17(16)23)21(28)26(22)12-14-5-4-13(20(24)25)10-18(14)31-9-8-27/h4-7,10-11,19,27H,3,8-9,12H2,1-2H3,(H3,24,25). The van der Waals surface area contributed by atoms with Crippen molar-refractivity contribution < 1.29 is 28.5 Å². The lowest BCUT2D eigenvalue weighted by Crippen LogP contribution is -2.30. The van der Waals surface area contributed by atoms with E-state index in [1.54, 1.807) is 19.1 Å². The van der Waals surface area contributed by atoms with E-state index < -0.39 is 17.8 Å². The third-order valence-electron chi connectivity index (χ3n) is 4.32. The summed E-state index contributed by atoms with van der Waals surface area (Å²) in [5, 5.41) is 16.6.